The van der Waals surface area contributed by atoms with Crippen molar-refractivity contribution >= 4 is 17.3 Å². The number of aryl methyl sites for hydroxylation is 2. The van der Waals surface area contributed by atoms with Gasteiger partial charge < -0.3 is 15.0 Å². The van der Waals surface area contributed by atoms with Gasteiger partial charge in [0.1, 0.15) is 5.75 Å². The summed E-state index contributed by atoms with van der Waals surface area (Å²) >= 11 is 0. The van der Waals surface area contributed by atoms with Gasteiger partial charge in [-0.05, 0) is 55.3 Å². The highest BCUT2D eigenvalue weighted by molar-refractivity contribution is 5.92. The van der Waals surface area contributed by atoms with Gasteiger partial charge in [-0.25, -0.2) is 0 Å². The van der Waals surface area contributed by atoms with Gasteiger partial charge in [0.05, 0.1) is 0 Å². The van der Waals surface area contributed by atoms with Gasteiger partial charge >= 0.3 is 0 Å². The maximum Gasteiger partial charge on any atom is 0.262 e. The molecule has 5 nitrogen and oxygen atoms in total. The lowest BCUT2D eigenvalue weighted by atomic mass is 10.1. The van der Waals surface area contributed by atoms with E-state index in [4.69, 9.17) is 4.74 Å². The van der Waals surface area contributed by atoms with Gasteiger partial charge in [-0.2, -0.15) is 0 Å². The molecule has 3 aromatic rings. The van der Waals surface area contributed by atoms with Crippen LogP contribution in [-0.2, 0) is 11.3 Å². The number of benzene rings is 3. The topological polar surface area (TPSA) is 44.8 Å². The molecule has 1 aliphatic heterocycles. The molecule has 0 atom stereocenters. The Hall–Kier alpha value is -3.31. The Kier molecular flexibility index (Phi) is 7.07. The number of hydrogen-bond donors (Lipinski definition) is 1. The monoisotopic (exact) mass is 429 g/mol. The molecule has 0 saturated carbocycles. The molecule has 0 aliphatic carbocycles. The van der Waals surface area contributed by atoms with Crippen LogP contribution < -0.4 is 15.0 Å². The van der Waals surface area contributed by atoms with E-state index in [1.165, 1.54) is 16.8 Å². The lowest BCUT2D eigenvalue weighted by Crippen LogP contribution is -2.45. The van der Waals surface area contributed by atoms with Crippen molar-refractivity contribution in [2.24, 2.45) is 0 Å². The minimum atomic E-state index is -0.160. The van der Waals surface area contributed by atoms with E-state index in [-0.39, 0.29) is 12.5 Å². The van der Waals surface area contributed by atoms with Crippen molar-refractivity contribution in [1.82, 2.24) is 4.90 Å². The van der Waals surface area contributed by atoms with E-state index >= 15 is 0 Å². The van der Waals surface area contributed by atoms with Gasteiger partial charge in [-0.1, -0.05) is 48.0 Å². The molecule has 1 aliphatic rings. The Morgan fingerprint density at radius 3 is 2.31 bits per heavy atom. The molecule has 0 aromatic heterocycles. The summed E-state index contributed by atoms with van der Waals surface area (Å²) in [5, 5.41) is 2.92. The van der Waals surface area contributed by atoms with E-state index in [0.717, 1.165) is 49.7 Å². The summed E-state index contributed by atoms with van der Waals surface area (Å²) in [6.07, 6.45) is 0. The Balaban J connectivity index is 1.24. The van der Waals surface area contributed by atoms with Crippen LogP contribution >= 0.6 is 0 Å². The minimum absolute atomic E-state index is 0.00493. The highest BCUT2D eigenvalue weighted by atomic mass is 16.5. The molecular weight excluding hydrogens is 398 g/mol. The van der Waals surface area contributed by atoms with Crippen LogP contribution in [0.4, 0.5) is 11.4 Å². The summed E-state index contributed by atoms with van der Waals surface area (Å²) in [7, 11) is 0. The number of carbonyl (C=O) groups excluding carboxylic acids is 1. The van der Waals surface area contributed by atoms with Gasteiger partial charge in [0.2, 0.25) is 0 Å². The third kappa shape index (κ3) is 5.89. The Bertz CT molecular complexity index is 1030. The van der Waals surface area contributed by atoms with Crippen LogP contribution in [0.3, 0.4) is 0 Å². The number of ether oxygens (including phenoxy) is 1. The van der Waals surface area contributed by atoms with Gasteiger partial charge in [-0.15, -0.1) is 0 Å². The molecule has 5 heteroatoms. The first kappa shape index (κ1) is 21.9. The fourth-order valence-electron chi connectivity index (χ4n) is 4.06. The van der Waals surface area contributed by atoms with Gasteiger partial charge in [0.15, 0.2) is 6.61 Å². The minimum Gasteiger partial charge on any atom is -0.483 e. The first-order chi connectivity index (χ1) is 15.6. The Labute approximate surface area is 190 Å². The van der Waals surface area contributed by atoms with Crippen molar-refractivity contribution < 1.29 is 9.53 Å². The molecular formula is C27H31N3O2. The fraction of sp³-hybridized carbons (Fsp3) is 0.296. The first-order valence-electron chi connectivity index (χ1n) is 11.2. The predicted octanol–water partition coefficient (Wildman–Crippen LogP) is 4.64. The molecule has 0 spiro atoms. The van der Waals surface area contributed by atoms with E-state index in [1.54, 1.807) is 0 Å². The van der Waals surface area contributed by atoms with Crippen molar-refractivity contribution in [3.05, 3.63) is 89.5 Å². The van der Waals surface area contributed by atoms with Crippen molar-refractivity contribution in [2.75, 3.05) is 43.0 Å². The van der Waals surface area contributed by atoms with Crippen LogP contribution in [0.15, 0.2) is 72.8 Å². The molecule has 0 bridgehead atoms. The number of carbonyl (C=O) groups is 1. The lowest BCUT2D eigenvalue weighted by molar-refractivity contribution is -0.118. The average Bonchev–Trinajstić information content (AvgIpc) is 2.80. The lowest BCUT2D eigenvalue weighted by Gasteiger charge is -2.36. The normalized spacial score (nSPS) is 14.2. The second kappa shape index (κ2) is 10.3. The van der Waals surface area contributed by atoms with Crippen LogP contribution in [-0.4, -0.2) is 43.6 Å². The van der Waals surface area contributed by atoms with Crippen LogP contribution in [0, 0.1) is 13.8 Å². The van der Waals surface area contributed by atoms with E-state index in [1.807, 2.05) is 44.2 Å². The van der Waals surface area contributed by atoms with Crippen LogP contribution in [0.5, 0.6) is 5.75 Å². The average molecular weight is 430 g/mol. The van der Waals surface area contributed by atoms with Crippen molar-refractivity contribution in [3.63, 3.8) is 0 Å². The molecule has 1 N–H and O–H groups in total. The molecule has 32 heavy (non-hydrogen) atoms. The quantitative estimate of drug-likeness (QED) is 0.594. The summed E-state index contributed by atoms with van der Waals surface area (Å²) < 4.78 is 5.67. The number of nitrogens with zero attached hydrogens (tertiary/aromatic N) is 2. The molecule has 0 unspecified atom stereocenters. The van der Waals surface area contributed by atoms with Gasteiger partial charge in [0, 0.05) is 44.1 Å². The Morgan fingerprint density at radius 2 is 1.62 bits per heavy atom. The summed E-state index contributed by atoms with van der Waals surface area (Å²) in [4.78, 5) is 17.2. The van der Waals surface area contributed by atoms with E-state index in [0.29, 0.717) is 0 Å². The second-order valence-corrected chi connectivity index (χ2v) is 8.40. The molecule has 1 heterocycles. The predicted molar refractivity (Wildman–Crippen MR) is 130 cm³/mol. The molecule has 0 radical (unpaired) electrons. The SMILES string of the molecule is Cc1ccc(OCC(=O)Nc2ccc(N3CCN(Cc4ccccc4)CC3)cc2)c(C)c1. The number of rotatable bonds is 7. The summed E-state index contributed by atoms with van der Waals surface area (Å²) in [6, 6.07) is 24.6. The van der Waals surface area contributed by atoms with E-state index in [2.05, 4.69) is 57.6 Å². The van der Waals surface area contributed by atoms with Crippen LogP contribution in [0.25, 0.3) is 0 Å². The molecule has 1 fully saturated rings. The maximum atomic E-state index is 12.3. The second-order valence-electron chi connectivity index (χ2n) is 8.40. The highest BCUT2D eigenvalue weighted by Crippen LogP contribution is 2.21. The third-order valence-corrected chi connectivity index (χ3v) is 5.83. The molecule has 3 aromatic carbocycles. The number of amides is 1. The number of piperazine rings is 1. The standard InChI is InChI=1S/C27H31N3O2/c1-21-8-13-26(22(2)18-21)32-20-27(31)28-24-9-11-25(12-10-24)30-16-14-29(15-17-30)19-23-6-4-3-5-7-23/h3-13,18H,14-17,19-20H2,1-2H3,(H,28,31). The summed E-state index contributed by atoms with van der Waals surface area (Å²) in [5.41, 5.74) is 5.55. The van der Waals surface area contributed by atoms with Gasteiger partial charge in [-0.3, -0.25) is 9.69 Å². The van der Waals surface area contributed by atoms with Crippen molar-refractivity contribution in [3.8, 4) is 5.75 Å². The highest BCUT2D eigenvalue weighted by Gasteiger charge is 2.17. The third-order valence-electron chi connectivity index (χ3n) is 5.83. The van der Waals surface area contributed by atoms with E-state index in [9.17, 15) is 4.79 Å². The summed E-state index contributed by atoms with van der Waals surface area (Å²) in [5.74, 6) is 0.583. The van der Waals surface area contributed by atoms with Crippen molar-refractivity contribution in [1.29, 1.82) is 0 Å². The van der Waals surface area contributed by atoms with Crippen LogP contribution in [0.1, 0.15) is 16.7 Å². The Morgan fingerprint density at radius 1 is 0.906 bits per heavy atom. The van der Waals surface area contributed by atoms with Gasteiger partial charge in [0.25, 0.3) is 5.91 Å². The number of hydrogen-bond acceptors (Lipinski definition) is 4. The summed E-state index contributed by atoms with van der Waals surface area (Å²) in [6.45, 7) is 9.12. The molecule has 4 rings (SSSR count). The molecule has 166 valence electrons. The maximum absolute atomic E-state index is 12.3. The molecule has 1 amide bonds. The zero-order valence-corrected chi connectivity index (χ0v) is 18.9. The smallest absolute Gasteiger partial charge is 0.262 e. The number of anilines is 2. The molecule has 1 saturated heterocycles. The van der Waals surface area contributed by atoms with E-state index < -0.39 is 0 Å². The van der Waals surface area contributed by atoms with Crippen LogP contribution in [0.2, 0.25) is 0 Å². The first-order valence-corrected chi connectivity index (χ1v) is 11.2. The largest absolute Gasteiger partial charge is 0.483 e. The zero-order chi connectivity index (χ0) is 22.3. The van der Waals surface area contributed by atoms with Crippen molar-refractivity contribution in [2.45, 2.75) is 20.4 Å². The zero-order valence-electron chi connectivity index (χ0n) is 18.9. The number of nitrogens with one attached hydrogen (secondary N) is 1. The fourth-order valence-corrected chi connectivity index (χ4v) is 4.06.